The number of nitrogens with zero attached hydrogens (tertiary/aromatic N) is 4. The first-order valence-electron chi connectivity index (χ1n) is 19.7. The van der Waals surface area contributed by atoms with Gasteiger partial charge in [-0.05, 0) is 92.7 Å². The van der Waals surface area contributed by atoms with Crippen molar-refractivity contribution in [1.82, 2.24) is 19.3 Å². The summed E-state index contributed by atoms with van der Waals surface area (Å²) in [6.07, 6.45) is 0. The highest BCUT2D eigenvalue weighted by Crippen LogP contribution is 2.41. The molecule has 0 aliphatic carbocycles. The Balaban J connectivity index is 0.997. The molecule has 0 N–H and O–H groups in total. The van der Waals surface area contributed by atoms with Gasteiger partial charge in [-0.1, -0.05) is 170 Å². The molecule has 272 valence electrons. The SMILES string of the molecule is c1ccc(-c2nc(-c3ccc4ccccc4c3)n(-c3ccc(-c4ccccc4-c4ccccc4-c4ccc5c(c4)c4ccccc4n5-c4ccccc4)cc3)n2)cc1. The Hall–Kier alpha value is -7.82. The molecule has 9 aromatic carbocycles. The second-order valence-corrected chi connectivity index (χ2v) is 14.7. The quantitative estimate of drug-likeness (QED) is 0.163. The van der Waals surface area contributed by atoms with Crippen molar-refractivity contribution in [2.75, 3.05) is 0 Å². The lowest BCUT2D eigenvalue weighted by Gasteiger charge is -2.15. The minimum atomic E-state index is 0.692. The summed E-state index contributed by atoms with van der Waals surface area (Å²) in [5, 5.41) is 9.93. The van der Waals surface area contributed by atoms with Gasteiger partial charge >= 0.3 is 0 Å². The number of rotatable bonds is 7. The van der Waals surface area contributed by atoms with E-state index in [0.717, 1.165) is 33.9 Å². The van der Waals surface area contributed by atoms with Crippen LogP contribution in [0.5, 0.6) is 0 Å². The van der Waals surface area contributed by atoms with Crippen molar-refractivity contribution in [3.63, 3.8) is 0 Å². The lowest BCUT2D eigenvalue weighted by molar-refractivity contribution is 0.891. The molecule has 0 saturated heterocycles. The summed E-state index contributed by atoms with van der Waals surface area (Å²) in [7, 11) is 0. The lowest BCUT2D eigenvalue weighted by atomic mass is 9.89. The van der Waals surface area contributed by atoms with E-state index in [0.29, 0.717) is 5.82 Å². The maximum absolute atomic E-state index is 5.11. The van der Waals surface area contributed by atoms with Gasteiger partial charge in [-0.3, -0.25) is 0 Å². The molecule has 2 heterocycles. The normalized spacial score (nSPS) is 11.4. The molecule has 0 aliphatic heterocycles. The molecular weight excluding hydrogens is 705 g/mol. The molecule has 0 amide bonds. The van der Waals surface area contributed by atoms with E-state index in [1.54, 1.807) is 0 Å². The second kappa shape index (κ2) is 14.0. The predicted octanol–water partition coefficient (Wildman–Crippen LogP) is 13.9. The minimum absolute atomic E-state index is 0.692. The van der Waals surface area contributed by atoms with Crippen LogP contribution in [0.25, 0.3) is 100 Å². The smallest absolute Gasteiger partial charge is 0.182 e. The average molecular weight is 741 g/mol. The highest BCUT2D eigenvalue weighted by molar-refractivity contribution is 6.11. The molecular formula is C54H36N4. The van der Waals surface area contributed by atoms with Gasteiger partial charge < -0.3 is 4.57 Å². The van der Waals surface area contributed by atoms with Crippen molar-refractivity contribution in [3.05, 3.63) is 218 Å². The van der Waals surface area contributed by atoms with Crippen LogP contribution in [-0.2, 0) is 0 Å². The summed E-state index contributed by atoms with van der Waals surface area (Å²) < 4.78 is 4.34. The lowest BCUT2D eigenvalue weighted by Crippen LogP contribution is -2.00. The van der Waals surface area contributed by atoms with E-state index in [4.69, 9.17) is 10.1 Å². The van der Waals surface area contributed by atoms with Crippen molar-refractivity contribution >= 4 is 32.6 Å². The highest BCUT2D eigenvalue weighted by atomic mass is 15.4. The van der Waals surface area contributed by atoms with Gasteiger partial charge in [-0.15, -0.1) is 5.10 Å². The van der Waals surface area contributed by atoms with Crippen LogP contribution in [0.2, 0.25) is 0 Å². The third-order valence-electron chi connectivity index (χ3n) is 11.2. The zero-order valence-corrected chi connectivity index (χ0v) is 31.6. The Morgan fingerprint density at radius 2 is 0.897 bits per heavy atom. The summed E-state index contributed by atoms with van der Waals surface area (Å²) in [4.78, 5) is 5.11. The van der Waals surface area contributed by atoms with Crippen molar-refractivity contribution < 1.29 is 0 Å². The molecule has 0 unspecified atom stereocenters. The summed E-state index contributed by atoms with van der Waals surface area (Å²) >= 11 is 0. The topological polar surface area (TPSA) is 35.6 Å². The summed E-state index contributed by atoms with van der Waals surface area (Å²) in [5.74, 6) is 1.49. The van der Waals surface area contributed by atoms with Crippen LogP contribution in [0.15, 0.2) is 218 Å². The van der Waals surface area contributed by atoms with Gasteiger partial charge in [0.15, 0.2) is 11.6 Å². The van der Waals surface area contributed by atoms with Crippen LogP contribution in [0.1, 0.15) is 0 Å². The van der Waals surface area contributed by atoms with Crippen molar-refractivity contribution in [2.45, 2.75) is 0 Å². The van der Waals surface area contributed by atoms with Gasteiger partial charge in [-0.2, -0.15) is 0 Å². The Kier molecular flexibility index (Phi) is 8.11. The molecule has 0 radical (unpaired) electrons. The largest absolute Gasteiger partial charge is 0.309 e. The zero-order chi connectivity index (χ0) is 38.4. The number of hydrogen-bond acceptors (Lipinski definition) is 2. The van der Waals surface area contributed by atoms with E-state index in [1.807, 2.05) is 22.9 Å². The van der Waals surface area contributed by atoms with Crippen LogP contribution in [-0.4, -0.2) is 19.3 Å². The van der Waals surface area contributed by atoms with E-state index in [1.165, 1.54) is 60.4 Å². The fourth-order valence-electron chi connectivity index (χ4n) is 8.43. The number of aromatic nitrogens is 4. The van der Waals surface area contributed by atoms with Crippen molar-refractivity contribution in [2.24, 2.45) is 0 Å². The molecule has 0 atom stereocenters. The fraction of sp³-hybridized carbons (Fsp3) is 0. The number of fused-ring (bicyclic) bond motifs is 4. The molecule has 58 heavy (non-hydrogen) atoms. The number of para-hydroxylation sites is 2. The van der Waals surface area contributed by atoms with Crippen LogP contribution in [0.4, 0.5) is 0 Å². The summed E-state index contributed by atoms with van der Waals surface area (Å²) in [5.41, 5.74) is 13.6. The van der Waals surface area contributed by atoms with Crippen LogP contribution >= 0.6 is 0 Å². The predicted molar refractivity (Wildman–Crippen MR) is 240 cm³/mol. The Labute approximate surface area is 336 Å². The van der Waals surface area contributed by atoms with E-state index in [9.17, 15) is 0 Å². The van der Waals surface area contributed by atoms with Gasteiger partial charge in [0.25, 0.3) is 0 Å². The Morgan fingerprint density at radius 1 is 0.328 bits per heavy atom. The fourth-order valence-corrected chi connectivity index (χ4v) is 8.43. The first-order valence-corrected chi connectivity index (χ1v) is 19.7. The maximum Gasteiger partial charge on any atom is 0.182 e. The first-order chi connectivity index (χ1) is 28.8. The molecule has 0 fully saturated rings. The molecule has 0 bridgehead atoms. The average Bonchev–Trinajstić information content (AvgIpc) is 3.90. The molecule has 4 heteroatoms. The van der Waals surface area contributed by atoms with Crippen LogP contribution in [0, 0.1) is 0 Å². The molecule has 0 aliphatic rings. The highest BCUT2D eigenvalue weighted by Gasteiger charge is 2.18. The van der Waals surface area contributed by atoms with E-state index in [-0.39, 0.29) is 0 Å². The Morgan fingerprint density at radius 3 is 1.66 bits per heavy atom. The third-order valence-corrected chi connectivity index (χ3v) is 11.2. The maximum atomic E-state index is 5.11. The molecule has 11 aromatic rings. The summed E-state index contributed by atoms with van der Waals surface area (Å²) in [6.45, 7) is 0. The van der Waals surface area contributed by atoms with Gasteiger partial charge in [0.2, 0.25) is 0 Å². The second-order valence-electron chi connectivity index (χ2n) is 14.7. The zero-order valence-electron chi connectivity index (χ0n) is 31.6. The number of hydrogen-bond donors (Lipinski definition) is 0. The Bertz CT molecular complexity index is 3270. The monoisotopic (exact) mass is 740 g/mol. The van der Waals surface area contributed by atoms with Gasteiger partial charge in [-0.25, -0.2) is 9.67 Å². The van der Waals surface area contributed by atoms with Crippen LogP contribution in [0.3, 0.4) is 0 Å². The minimum Gasteiger partial charge on any atom is -0.309 e. The first kappa shape index (κ1) is 33.5. The molecule has 0 saturated carbocycles. The van der Waals surface area contributed by atoms with E-state index < -0.39 is 0 Å². The van der Waals surface area contributed by atoms with Gasteiger partial charge in [0.05, 0.1) is 16.7 Å². The standard InChI is InChI=1S/C54H36N4/c1-3-16-39(17-4-1)53-55-54(42-28-27-37-15-7-8-18-40(37)35-42)58(56-53)44-32-29-38(30-33-44)45-21-9-11-23-47(45)48-24-12-10-22-46(48)41-31-34-52-50(36-41)49-25-13-14-26-51(49)57(52)43-19-5-2-6-20-43/h1-36H. The van der Waals surface area contributed by atoms with Crippen molar-refractivity contribution in [1.29, 1.82) is 0 Å². The molecule has 11 rings (SSSR count). The van der Waals surface area contributed by atoms with E-state index in [2.05, 4.69) is 205 Å². The van der Waals surface area contributed by atoms with E-state index >= 15 is 0 Å². The van der Waals surface area contributed by atoms with Gasteiger partial charge in [0, 0.05) is 27.6 Å². The molecule has 2 aromatic heterocycles. The summed E-state index contributed by atoms with van der Waals surface area (Å²) in [6, 6.07) is 77.6. The van der Waals surface area contributed by atoms with Crippen LogP contribution < -0.4 is 0 Å². The van der Waals surface area contributed by atoms with Crippen molar-refractivity contribution in [3.8, 4) is 67.5 Å². The molecule has 4 nitrogen and oxygen atoms in total. The number of benzene rings is 9. The third kappa shape index (κ3) is 5.78. The molecule has 0 spiro atoms. The van der Waals surface area contributed by atoms with Gasteiger partial charge in [0.1, 0.15) is 0 Å².